The first kappa shape index (κ1) is 17.2. The summed E-state index contributed by atoms with van der Waals surface area (Å²) in [6.07, 6.45) is 5.23. The van der Waals surface area contributed by atoms with E-state index < -0.39 is 0 Å². The van der Waals surface area contributed by atoms with Gasteiger partial charge in [0.05, 0.1) is 6.54 Å². The van der Waals surface area contributed by atoms with Crippen LogP contribution in [0.4, 0.5) is 0 Å². The smallest absolute Gasteiger partial charge is 0.241 e. The van der Waals surface area contributed by atoms with Crippen molar-refractivity contribution >= 4 is 35.8 Å². The van der Waals surface area contributed by atoms with Crippen LogP contribution in [0, 0.1) is 0 Å². The molecule has 1 amide bonds. The van der Waals surface area contributed by atoms with Gasteiger partial charge in [0.1, 0.15) is 0 Å². The Hall–Kier alpha value is -0.790. The van der Waals surface area contributed by atoms with Crippen LogP contribution in [-0.2, 0) is 4.79 Å². The average molecular weight is 366 g/mol. The Bertz CT molecular complexity index is 288. The molecule has 1 rings (SSSR count). The third-order valence-electron chi connectivity index (χ3n) is 2.75. The Balaban J connectivity index is 0.00000289. The summed E-state index contributed by atoms with van der Waals surface area (Å²) in [5, 5.41) is 6.03. The lowest BCUT2D eigenvalue weighted by Gasteiger charge is -2.27. The van der Waals surface area contributed by atoms with Gasteiger partial charge in [0.2, 0.25) is 5.91 Å². The molecular weight excluding hydrogens is 343 g/mol. The number of likely N-dealkylation sites (tertiary alicyclic amines) is 1. The van der Waals surface area contributed by atoms with E-state index >= 15 is 0 Å². The summed E-state index contributed by atoms with van der Waals surface area (Å²) in [7, 11) is 1.68. The summed E-state index contributed by atoms with van der Waals surface area (Å²) in [6, 6.07) is 0. The van der Waals surface area contributed by atoms with Crippen LogP contribution in [0.2, 0.25) is 0 Å². The Labute approximate surface area is 126 Å². The van der Waals surface area contributed by atoms with Crippen LogP contribution >= 0.6 is 24.0 Å². The van der Waals surface area contributed by atoms with Crippen LogP contribution in [0.5, 0.6) is 0 Å². The van der Waals surface area contributed by atoms with Crippen LogP contribution in [0.1, 0.15) is 19.3 Å². The highest BCUT2D eigenvalue weighted by molar-refractivity contribution is 14.0. The van der Waals surface area contributed by atoms with Crippen molar-refractivity contribution in [3.8, 4) is 0 Å². The van der Waals surface area contributed by atoms with Crippen LogP contribution in [0.3, 0.4) is 0 Å². The first-order valence-electron chi connectivity index (χ1n) is 6.11. The predicted molar refractivity (Wildman–Crippen MR) is 85.4 cm³/mol. The number of hydrogen-bond donors (Lipinski definition) is 2. The van der Waals surface area contributed by atoms with Gasteiger partial charge in [-0.3, -0.25) is 9.79 Å². The molecule has 1 heterocycles. The van der Waals surface area contributed by atoms with Gasteiger partial charge in [-0.25, -0.2) is 0 Å². The number of carbonyl (C=O) groups is 1. The molecule has 18 heavy (non-hydrogen) atoms. The van der Waals surface area contributed by atoms with Crippen LogP contribution < -0.4 is 10.6 Å². The fourth-order valence-corrected chi connectivity index (χ4v) is 1.80. The maximum atomic E-state index is 11.9. The Morgan fingerprint density at radius 3 is 2.56 bits per heavy atom. The molecule has 0 bridgehead atoms. The second kappa shape index (κ2) is 10.2. The molecule has 0 unspecified atom stereocenters. The normalized spacial score (nSPS) is 15.6. The lowest BCUT2D eigenvalue weighted by atomic mass is 10.1. The van der Waals surface area contributed by atoms with E-state index in [1.807, 2.05) is 4.90 Å². The van der Waals surface area contributed by atoms with Gasteiger partial charge in [-0.2, -0.15) is 0 Å². The van der Waals surface area contributed by atoms with Gasteiger partial charge in [0.15, 0.2) is 5.96 Å². The molecule has 0 aromatic heterocycles. The van der Waals surface area contributed by atoms with E-state index in [4.69, 9.17) is 0 Å². The molecule has 0 aliphatic carbocycles. The quantitative estimate of drug-likeness (QED) is 0.337. The third-order valence-corrected chi connectivity index (χ3v) is 2.75. The zero-order chi connectivity index (χ0) is 12.5. The van der Waals surface area contributed by atoms with Crippen LogP contribution in [0.15, 0.2) is 17.6 Å². The molecule has 0 aromatic carbocycles. The molecule has 2 N–H and O–H groups in total. The summed E-state index contributed by atoms with van der Waals surface area (Å²) < 4.78 is 0. The molecule has 6 heteroatoms. The molecular formula is C12H23IN4O. The predicted octanol–water partition coefficient (Wildman–Crippen LogP) is 0.968. The lowest BCUT2D eigenvalue weighted by Crippen LogP contribution is -2.46. The minimum atomic E-state index is 0. The molecule has 104 valence electrons. The van der Waals surface area contributed by atoms with Gasteiger partial charge in [0, 0.05) is 26.7 Å². The number of halogens is 1. The van der Waals surface area contributed by atoms with Crippen molar-refractivity contribution < 1.29 is 4.79 Å². The number of rotatable bonds is 4. The summed E-state index contributed by atoms with van der Waals surface area (Å²) in [6.45, 7) is 6.33. The maximum Gasteiger partial charge on any atom is 0.241 e. The highest BCUT2D eigenvalue weighted by atomic mass is 127. The Kier molecular flexibility index (Phi) is 9.72. The van der Waals surface area contributed by atoms with Gasteiger partial charge in [-0.05, 0) is 19.3 Å². The second-order valence-electron chi connectivity index (χ2n) is 4.04. The Morgan fingerprint density at radius 2 is 2.00 bits per heavy atom. The van der Waals surface area contributed by atoms with E-state index in [1.165, 1.54) is 6.42 Å². The number of guanidine groups is 1. The molecule has 0 spiro atoms. The fraction of sp³-hybridized carbons (Fsp3) is 0.667. The third kappa shape index (κ3) is 6.23. The van der Waals surface area contributed by atoms with Gasteiger partial charge in [-0.15, -0.1) is 30.6 Å². The SMILES string of the molecule is C=CCNC(=NC)NCC(=O)N1CCCCC1.I. The molecule has 0 aromatic rings. The Morgan fingerprint density at radius 1 is 1.33 bits per heavy atom. The van der Waals surface area contributed by atoms with E-state index in [1.54, 1.807) is 13.1 Å². The molecule has 0 atom stereocenters. The molecule has 0 radical (unpaired) electrons. The maximum absolute atomic E-state index is 11.9. The van der Waals surface area contributed by atoms with E-state index in [0.717, 1.165) is 25.9 Å². The summed E-state index contributed by atoms with van der Waals surface area (Å²) in [5.74, 6) is 0.779. The summed E-state index contributed by atoms with van der Waals surface area (Å²) in [4.78, 5) is 17.8. The number of aliphatic imine (C=N–C) groups is 1. The zero-order valence-corrected chi connectivity index (χ0v) is 13.3. The lowest BCUT2D eigenvalue weighted by molar-refractivity contribution is -0.130. The van der Waals surface area contributed by atoms with Gasteiger partial charge in [0.25, 0.3) is 0 Å². The highest BCUT2D eigenvalue weighted by Gasteiger charge is 2.16. The standard InChI is InChI=1S/C12H22N4O.HI/c1-3-7-14-12(13-2)15-10-11(17)16-8-5-4-6-9-16;/h3H,1,4-10H2,2H3,(H2,13,14,15);1H. The molecule has 0 saturated carbocycles. The first-order chi connectivity index (χ1) is 8.27. The van der Waals surface area contributed by atoms with E-state index in [-0.39, 0.29) is 29.9 Å². The largest absolute Gasteiger partial charge is 0.353 e. The fourth-order valence-electron chi connectivity index (χ4n) is 1.80. The zero-order valence-electron chi connectivity index (χ0n) is 10.9. The van der Waals surface area contributed by atoms with Crippen molar-refractivity contribution in [2.75, 3.05) is 33.2 Å². The number of nitrogens with one attached hydrogen (secondary N) is 2. The summed E-state index contributed by atoms with van der Waals surface area (Å²) in [5.41, 5.74) is 0. The molecule has 1 aliphatic heterocycles. The van der Waals surface area contributed by atoms with Gasteiger partial charge in [-0.1, -0.05) is 6.08 Å². The summed E-state index contributed by atoms with van der Waals surface area (Å²) >= 11 is 0. The second-order valence-corrected chi connectivity index (χ2v) is 4.04. The molecule has 1 aliphatic rings. The minimum absolute atomic E-state index is 0. The topological polar surface area (TPSA) is 56.7 Å². The van der Waals surface area contributed by atoms with Crippen molar-refractivity contribution in [1.29, 1.82) is 0 Å². The van der Waals surface area contributed by atoms with Crippen molar-refractivity contribution in [2.45, 2.75) is 19.3 Å². The van der Waals surface area contributed by atoms with E-state index in [2.05, 4.69) is 22.2 Å². The van der Waals surface area contributed by atoms with Crippen molar-refractivity contribution in [1.82, 2.24) is 15.5 Å². The van der Waals surface area contributed by atoms with Crippen molar-refractivity contribution in [3.63, 3.8) is 0 Å². The molecule has 1 fully saturated rings. The first-order valence-corrected chi connectivity index (χ1v) is 6.11. The number of carbonyl (C=O) groups excluding carboxylic acids is 1. The number of amides is 1. The van der Waals surface area contributed by atoms with Crippen LogP contribution in [0.25, 0.3) is 0 Å². The van der Waals surface area contributed by atoms with E-state index in [9.17, 15) is 4.79 Å². The van der Waals surface area contributed by atoms with Gasteiger partial charge < -0.3 is 15.5 Å². The number of nitrogens with zero attached hydrogens (tertiary/aromatic N) is 2. The van der Waals surface area contributed by atoms with E-state index in [0.29, 0.717) is 19.0 Å². The van der Waals surface area contributed by atoms with Gasteiger partial charge >= 0.3 is 0 Å². The highest BCUT2D eigenvalue weighted by Crippen LogP contribution is 2.07. The monoisotopic (exact) mass is 366 g/mol. The molecule has 5 nitrogen and oxygen atoms in total. The minimum Gasteiger partial charge on any atom is -0.353 e. The number of hydrogen-bond acceptors (Lipinski definition) is 2. The van der Waals surface area contributed by atoms with Crippen LogP contribution in [-0.4, -0.2) is 50.0 Å². The average Bonchev–Trinajstić information content (AvgIpc) is 2.39. The molecule has 1 saturated heterocycles. The van der Waals surface area contributed by atoms with Crippen molar-refractivity contribution in [3.05, 3.63) is 12.7 Å². The number of piperidine rings is 1. The van der Waals surface area contributed by atoms with Crippen molar-refractivity contribution in [2.24, 2.45) is 4.99 Å².